The summed E-state index contributed by atoms with van der Waals surface area (Å²) in [6, 6.07) is 16.2. The minimum Gasteiger partial charge on any atom is -0.325 e. The van der Waals surface area contributed by atoms with E-state index in [1.54, 1.807) is 11.8 Å². The van der Waals surface area contributed by atoms with Crippen molar-refractivity contribution >= 4 is 23.4 Å². The van der Waals surface area contributed by atoms with Gasteiger partial charge in [-0.15, -0.1) is 11.8 Å². The predicted octanol–water partition coefficient (Wildman–Crippen LogP) is 4.18. The molecule has 2 aromatic rings. The van der Waals surface area contributed by atoms with Crippen LogP contribution in [0.25, 0.3) is 0 Å². The SMILES string of the molecule is Cc1cccc(NC(=O)CSCc2ccccc2)c1C. The van der Waals surface area contributed by atoms with Gasteiger partial charge in [0.25, 0.3) is 0 Å². The maximum atomic E-state index is 11.9. The molecule has 3 heteroatoms. The van der Waals surface area contributed by atoms with Crippen molar-refractivity contribution < 1.29 is 4.79 Å². The Kier molecular flexibility index (Phi) is 5.24. The van der Waals surface area contributed by atoms with E-state index in [1.807, 2.05) is 37.3 Å². The van der Waals surface area contributed by atoms with Crippen LogP contribution in [0, 0.1) is 13.8 Å². The molecule has 1 amide bonds. The zero-order chi connectivity index (χ0) is 14.4. The van der Waals surface area contributed by atoms with E-state index in [2.05, 4.69) is 30.4 Å². The van der Waals surface area contributed by atoms with Crippen molar-refractivity contribution in [1.82, 2.24) is 0 Å². The number of aryl methyl sites for hydroxylation is 1. The van der Waals surface area contributed by atoms with Crippen molar-refractivity contribution in [2.24, 2.45) is 0 Å². The second-order valence-electron chi connectivity index (χ2n) is 4.77. The number of anilines is 1. The molecule has 0 unspecified atom stereocenters. The number of hydrogen-bond donors (Lipinski definition) is 1. The van der Waals surface area contributed by atoms with Crippen LogP contribution >= 0.6 is 11.8 Å². The van der Waals surface area contributed by atoms with E-state index in [0.29, 0.717) is 5.75 Å². The number of rotatable bonds is 5. The van der Waals surface area contributed by atoms with Gasteiger partial charge in [-0.1, -0.05) is 42.5 Å². The number of hydrogen-bond acceptors (Lipinski definition) is 2. The summed E-state index contributed by atoms with van der Waals surface area (Å²) in [5.41, 5.74) is 4.49. The van der Waals surface area contributed by atoms with Crippen molar-refractivity contribution in [2.75, 3.05) is 11.1 Å². The molecule has 0 aliphatic rings. The maximum absolute atomic E-state index is 11.9. The summed E-state index contributed by atoms with van der Waals surface area (Å²) in [6.07, 6.45) is 0. The van der Waals surface area contributed by atoms with Crippen LogP contribution in [0.3, 0.4) is 0 Å². The molecular weight excluding hydrogens is 266 g/mol. The van der Waals surface area contributed by atoms with Gasteiger partial charge in [-0.3, -0.25) is 4.79 Å². The summed E-state index contributed by atoms with van der Waals surface area (Å²) in [7, 11) is 0. The number of benzene rings is 2. The lowest BCUT2D eigenvalue weighted by Crippen LogP contribution is -2.15. The van der Waals surface area contributed by atoms with Crippen molar-refractivity contribution in [3.05, 3.63) is 65.2 Å². The summed E-state index contributed by atoms with van der Waals surface area (Å²) in [5, 5.41) is 2.98. The first-order valence-electron chi connectivity index (χ1n) is 6.64. The fraction of sp³-hybridized carbons (Fsp3) is 0.235. The van der Waals surface area contributed by atoms with Gasteiger partial charge in [-0.05, 0) is 36.6 Å². The van der Waals surface area contributed by atoms with Crippen LogP contribution in [0.2, 0.25) is 0 Å². The summed E-state index contributed by atoms with van der Waals surface area (Å²) < 4.78 is 0. The zero-order valence-electron chi connectivity index (χ0n) is 11.8. The monoisotopic (exact) mass is 285 g/mol. The lowest BCUT2D eigenvalue weighted by atomic mass is 10.1. The first kappa shape index (κ1) is 14.7. The third-order valence-electron chi connectivity index (χ3n) is 3.22. The van der Waals surface area contributed by atoms with E-state index in [4.69, 9.17) is 0 Å². The zero-order valence-corrected chi connectivity index (χ0v) is 12.7. The number of carbonyl (C=O) groups is 1. The molecule has 0 saturated carbocycles. The van der Waals surface area contributed by atoms with Crippen LogP contribution in [0.5, 0.6) is 0 Å². The first-order chi connectivity index (χ1) is 9.66. The van der Waals surface area contributed by atoms with E-state index < -0.39 is 0 Å². The van der Waals surface area contributed by atoms with Gasteiger partial charge in [-0.2, -0.15) is 0 Å². The molecule has 20 heavy (non-hydrogen) atoms. The Labute approximate surface area is 124 Å². The summed E-state index contributed by atoms with van der Waals surface area (Å²) >= 11 is 1.63. The Hall–Kier alpha value is -1.74. The van der Waals surface area contributed by atoms with E-state index in [0.717, 1.165) is 17.0 Å². The van der Waals surface area contributed by atoms with Gasteiger partial charge in [0.15, 0.2) is 0 Å². The Morgan fingerprint density at radius 3 is 2.55 bits per heavy atom. The standard InChI is InChI=1S/C17H19NOS/c1-13-7-6-10-16(14(13)2)18-17(19)12-20-11-15-8-4-3-5-9-15/h3-10H,11-12H2,1-2H3,(H,18,19). The van der Waals surface area contributed by atoms with Gasteiger partial charge in [0, 0.05) is 11.4 Å². The van der Waals surface area contributed by atoms with Crippen LogP contribution in [0.4, 0.5) is 5.69 Å². The van der Waals surface area contributed by atoms with Gasteiger partial charge in [0.1, 0.15) is 0 Å². The van der Waals surface area contributed by atoms with Crippen LogP contribution < -0.4 is 5.32 Å². The average Bonchev–Trinajstić information content (AvgIpc) is 2.45. The summed E-state index contributed by atoms with van der Waals surface area (Å²) in [5.74, 6) is 1.39. The molecule has 104 valence electrons. The van der Waals surface area contributed by atoms with Gasteiger partial charge in [-0.25, -0.2) is 0 Å². The number of carbonyl (C=O) groups excluding carboxylic acids is 1. The van der Waals surface area contributed by atoms with Crippen LogP contribution in [0.1, 0.15) is 16.7 Å². The molecule has 2 nitrogen and oxygen atoms in total. The fourth-order valence-corrected chi connectivity index (χ4v) is 2.70. The number of amides is 1. The third kappa shape index (κ3) is 4.14. The minimum atomic E-state index is 0.0552. The second-order valence-corrected chi connectivity index (χ2v) is 5.76. The van der Waals surface area contributed by atoms with Gasteiger partial charge in [0.05, 0.1) is 5.75 Å². The largest absolute Gasteiger partial charge is 0.325 e. The van der Waals surface area contributed by atoms with Gasteiger partial charge in [0.2, 0.25) is 5.91 Å². The topological polar surface area (TPSA) is 29.1 Å². The third-order valence-corrected chi connectivity index (χ3v) is 4.23. The molecule has 0 radical (unpaired) electrons. The molecule has 0 aromatic heterocycles. The van der Waals surface area contributed by atoms with E-state index >= 15 is 0 Å². The number of thioether (sulfide) groups is 1. The molecule has 2 rings (SSSR count). The van der Waals surface area contributed by atoms with Crippen LogP contribution in [0.15, 0.2) is 48.5 Å². The molecule has 1 N–H and O–H groups in total. The van der Waals surface area contributed by atoms with Gasteiger partial charge < -0.3 is 5.32 Å². The highest BCUT2D eigenvalue weighted by molar-refractivity contribution is 7.99. The Morgan fingerprint density at radius 1 is 1.05 bits per heavy atom. The fourth-order valence-electron chi connectivity index (χ4n) is 1.91. The van der Waals surface area contributed by atoms with Crippen molar-refractivity contribution in [2.45, 2.75) is 19.6 Å². The van der Waals surface area contributed by atoms with E-state index in [9.17, 15) is 4.79 Å². The highest BCUT2D eigenvalue weighted by atomic mass is 32.2. The Bertz CT molecular complexity index is 581. The summed E-state index contributed by atoms with van der Waals surface area (Å²) in [6.45, 7) is 4.08. The molecule has 0 heterocycles. The van der Waals surface area contributed by atoms with Crippen LogP contribution in [-0.4, -0.2) is 11.7 Å². The second kappa shape index (κ2) is 7.15. The molecule has 0 bridgehead atoms. The molecule has 0 aliphatic heterocycles. The molecule has 0 fully saturated rings. The molecule has 0 saturated heterocycles. The molecule has 2 aromatic carbocycles. The Morgan fingerprint density at radius 2 is 1.80 bits per heavy atom. The lowest BCUT2D eigenvalue weighted by molar-refractivity contribution is -0.113. The summed E-state index contributed by atoms with van der Waals surface area (Å²) in [4.78, 5) is 11.9. The van der Waals surface area contributed by atoms with Crippen molar-refractivity contribution in [1.29, 1.82) is 0 Å². The van der Waals surface area contributed by atoms with E-state index in [-0.39, 0.29) is 5.91 Å². The highest BCUT2D eigenvalue weighted by Crippen LogP contribution is 2.18. The Balaban J connectivity index is 1.82. The minimum absolute atomic E-state index is 0.0552. The normalized spacial score (nSPS) is 10.3. The highest BCUT2D eigenvalue weighted by Gasteiger charge is 2.06. The first-order valence-corrected chi connectivity index (χ1v) is 7.80. The number of nitrogens with one attached hydrogen (secondary N) is 1. The van der Waals surface area contributed by atoms with Crippen molar-refractivity contribution in [3.63, 3.8) is 0 Å². The van der Waals surface area contributed by atoms with Crippen LogP contribution in [-0.2, 0) is 10.5 Å². The smallest absolute Gasteiger partial charge is 0.234 e. The maximum Gasteiger partial charge on any atom is 0.234 e. The average molecular weight is 285 g/mol. The lowest BCUT2D eigenvalue weighted by Gasteiger charge is -2.10. The molecule has 0 spiro atoms. The van der Waals surface area contributed by atoms with E-state index in [1.165, 1.54) is 11.1 Å². The van der Waals surface area contributed by atoms with Crippen molar-refractivity contribution in [3.8, 4) is 0 Å². The molecule has 0 aliphatic carbocycles. The predicted molar refractivity (Wildman–Crippen MR) is 87.1 cm³/mol. The molecular formula is C17H19NOS. The molecule has 0 atom stereocenters. The van der Waals surface area contributed by atoms with Gasteiger partial charge >= 0.3 is 0 Å². The quantitative estimate of drug-likeness (QED) is 0.893.